The molecule has 1 aliphatic carbocycles. The molecular formula is C17H21F3N6O2. The van der Waals surface area contributed by atoms with Gasteiger partial charge in [-0.25, -0.2) is 9.78 Å². The number of hydrogen-bond acceptors (Lipinski definition) is 6. The number of ether oxygens (including phenoxy) is 1. The molecule has 8 nitrogen and oxygen atoms in total. The maximum absolute atomic E-state index is 12.7. The van der Waals surface area contributed by atoms with E-state index in [1.807, 2.05) is 13.8 Å². The number of nitrogens with one attached hydrogen (secondary N) is 3. The van der Waals surface area contributed by atoms with E-state index in [0.717, 1.165) is 18.5 Å². The van der Waals surface area contributed by atoms with Crippen LogP contribution < -0.4 is 10.6 Å². The molecule has 0 unspecified atom stereocenters. The Labute approximate surface area is 159 Å². The van der Waals surface area contributed by atoms with E-state index in [2.05, 4.69) is 30.8 Å². The number of aromatic amines is 1. The van der Waals surface area contributed by atoms with Gasteiger partial charge < -0.3 is 15.4 Å². The molecule has 28 heavy (non-hydrogen) atoms. The number of halogens is 3. The summed E-state index contributed by atoms with van der Waals surface area (Å²) in [7, 11) is 0. The largest absolute Gasteiger partial charge is 0.446 e. The first-order valence-corrected chi connectivity index (χ1v) is 8.89. The lowest BCUT2D eigenvalue weighted by atomic mass is 10.0. The van der Waals surface area contributed by atoms with Gasteiger partial charge in [0.25, 0.3) is 0 Å². The molecule has 2 aromatic rings. The molecule has 1 fully saturated rings. The molecule has 11 heteroatoms. The second kappa shape index (κ2) is 8.03. The van der Waals surface area contributed by atoms with Crippen LogP contribution in [0.3, 0.4) is 0 Å². The normalized spacial score (nSPS) is 19.6. The molecule has 2 atom stereocenters. The number of aromatic nitrogens is 4. The Hall–Kier alpha value is -2.85. The summed E-state index contributed by atoms with van der Waals surface area (Å²) in [4.78, 5) is 18.8. The monoisotopic (exact) mass is 398 g/mol. The van der Waals surface area contributed by atoms with Crippen LogP contribution in [0.15, 0.2) is 18.5 Å². The van der Waals surface area contributed by atoms with Crippen LogP contribution in [0.5, 0.6) is 0 Å². The van der Waals surface area contributed by atoms with Crippen molar-refractivity contribution in [1.29, 1.82) is 0 Å². The van der Waals surface area contributed by atoms with E-state index in [4.69, 9.17) is 4.74 Å². The number of anilines is 2. The Morgan fingerprint density at radius 3 is 2.79 bits per heavy atom. The fourth-order valence-corrected chi connectivity index (χ4v) is 3.05. The van der Waals surface area contributed by atoms with E-state index in [-0.39, 0.29) is 23.9 Å². The molecule has 0 aliphatic heterocycles. The molecule has 3 N–H and O–H groups in total. The standard InChI is InChI=1S/C17H21F3N6O2/c1-9(2)22-16(27)28-11-4-3-10(5-11)12-6-14(26-25-12)24-15-8-21-7-13(23-15)17(18,19)20/h6-11H,3-5H2,1-2H3,(H,22,27)(H2,23,24,25,26)/t10-,11+/m0/s1. The van der Waals surface area contributed by atoms with Gasteiger partial charge in [-0.05, 0) is 33.1 Å². The van der Waals surface area contributed by atoms with Gasteiger partial charge in [0, 0.05) is 23.7 Å². The first kappa shape index (κ1) is 19.9. The molecule has 0 saturated heterocycles. The predicted molar refractivity (Wildman–Crippen MR) is 94.0 cm³/mol. The van der Waals surface area contributed by atoms with Gasteiger partial charge in [-0.3, -0.25) is 10.1 Å². The quantitative estimate of drug-likeness (QED) is 0.709. The third kappa shape index (κ3) is 5.11. The van der Waals surface area contributed by atoms with Crippen LogP contribution in [-0.2, 0) is 10.9 Å². The molecule has 1 aliphatic rings. The highest BCUT2D eigenvalue weighted by molar-refractivity contribution is 5.67. The Bertz CT molecular complexity index is 823. The minimum absolute atomic E-state index is 0.00453. The molecule has 0 aromatic carbocycles. The van der Waals surface area contributed by atoms with Crippen molar-refractivity contribution in [2.24, 2.45) is 0 Å². The minimum atomic E-state index is -4.57. The molecule has 0 radical (unpaired) electrons. The molecule has 3 rings (SSSR count). The minimum Gasteiger partial charge on any atom is -0.446 e. The van der Waals surface area contributed by atoms with Gasteiger partial charge in [-0.2, -0.15) is 18.3 Å². The third-order valence-corrected chi connectivity index (χ3v) is 4.28. The predicted octanol–water partition coefficient (Wildman–Crippen LogP) is 3.73. The summed E-state index contributed by atoms with van der Waals surface area (Å²) in [6.45, 7) is 3.71. The Kier molecular flexibility index (Phi) is 5.71. The van der Waals surface area contributed by atoms with E-state index in [9.17, 15) is 18.0 Å². The SMILES string of the molecule is CC(C)NC(=O)O[C@@H]1CC[C@H](c2cc(Nc3cncc(C(F)(F)F)n3)n[nH]2)C1. The lowest BCUT2D eigenvalue weighted by Gasteiger charge is -2.14. The fourth-order valence-electron chi connectivity index (χ4n) is 3.05. The van der Waals surface area contributed by atoms with Crippen LogP contribution >= 0.6 is 0 Å². The lowest BCUT2D eigenvalue weighted by Crippen LogP contribution is -2.33. The van der Waals surface area contributed by atoms with Crippen molar-refractivity contribution >= 4 is 17.7 Å². The summed E-state index contributed by atoms with van der Waals surface area (Å²) in [6, 6.07) is 1.72. The topological polar surface area (TPSA) is 105 Å². The van der Waals surface area contributed by atoms with Crippen molar-refractivity contribution in [3.05, 3.63) is 29.8 Å². The Morgan fingerprint density at radius 2 is 2.07 bits per heavy atom. The number of nitrogens with zero attached hydrogens (tertiary/aromatic N) is 3. The summed E-state index contributed by atoms with van der Waals surface area (Å²) in [6.07, 6.45) is -1.14. The average Bonchev–Trinajstić information content (AvgIpc) is 3.23. The van der Waals surface area contributed by atoms with Crippen molar-refractivity contribution in [1.82, 2.24) is 25.5 Å². The highest BCUT2D eigenvalue weighted by Gasteiger charge is 2.33. The maximum atomic E-state index is 12.7. The van der Waals surface area contributed by atoms with Crippen LogP contribution in [0.25, 0.3) is 0 Å². The number of rotatable bonds is 5. The highest BCUT2D eigenvalue weighted by atomic mass is 19.4. The number of hydrogen-bond donors (Lipinski definition) is 3. The van der Waals surface area contributed by atoms with E-state index in [1.165, 1.54) is 6.20 Å². The summed E-state index contributed by atoms with van der Waals surface area (Å²) >= 11 is 0. The van der Waals surface area contributed by atoms with E-state index in [0.29, 0.717) is 18.4 Å². The van der Waals surface area contributed by atoms with Crippen LogP contribution in [-0.4, -0.2) is 38.4 Å². The zero-order valence-corrected chi connectivity index (χ0v) is 15.4. The van der Waals surface area contributed by atoms with Gasteiger partial charge in [0.05, 0.1) is 12.4 Å². The number of H-pyrrole nitrogens is 1. The summed E-state index contributed by atoms with van der Waals surface area (Å²) in [5.41, 5.74) is -0.262. The Morgan fingerprint density at radius 1 is 1.29 bits per heavy atom. The van der Waals surface area contributed by atoms with Crippen LogP contribution in [0.2, 0.25) is 0 Å². The zero-order valence-electron chi connectivity index (χ0n) is 15.4. The summed E-state index contributed by atoms with van der Waals surface area (Å²) in [5.74, 6) is 0.406. The highest BCUT2D eigenvalue weighted by Crippen LogP contribution is 2.36. The second-order valence-electron chi connectivity index (χ2n) is 6.96. The lowest BCUT2D eigenvalue weighted by molar-refractivity contribution is -0.141. The molecule has 152 valence electrons. The average molecular weight is 398 g/mol. The van der Waals surface area contributed by atoms with Gasteiger partial charge in [0.15, 0.2) is 17.3 Å². The van der Waals surface area contributed by atoms with Gasteiger partial charge >= 0.3 is 12.3 Å². The van der Waals surface area contributed by atoms with Crippen LogP contribution in [0.4, 0.5) is 29.6 Å². The number of alkyl carbamates (subject to hydrolysis) is 1. The fraction of sp³-hybridized carbons (Fsp3) is 0.529. The van der Waals surface area contributed by atoms with Crippen molar-refractivity contribution in [2.75, 3.05) is 5.32 Å². The summed E-state index contributed by atoms with van der Waals surface area (Å²) in [5, 5.41) is 12.3. The smallest absolute Gasteiger partial charge is 0.434 e. The van der Waals surface area contributed by atoms with E-state index >= 15 is 0 Å². The number of amides is 1. The van der Waals surface area contributed by atoms with Crippen molar-refractivity contribution in [2.45, 2.75) is 57.3 Å². The van der Waals surface area contributed by atoms with Gasteiger partial charge in [0.2, 0.25) is 0 Å². The number of carbonyl (C=O) groups is 1. The van der Waals surface area contributed by atoms with E-state index in [1.54, 1.807) is 6.07 Å². The Balaban J connectivity index is 1.58. The maximum Gasteiger partial charge on any atom is 0.434 e. The second-order valence-corrected chi connectivity index (χ2v) is 6.96. The van der Waals surface area contributed by atoms with Gasteiger partial charge in [-0.1, -0.05) is 0 Å². The van der Waals surface area contributed by atoms with Gasteiger partial charge in [0.1, 0.15) is 6.10 Å². The van der Waals surface area contributed by atoms with Crippen molar-refractivity contribution < 1.29 is 22.7 Å². The zero-order chi connectivity index (χ0) is 20.3. The molecule has 2 aromatic heterocycles. The molecule has 1 saturated carbocycles. The molecule has 0 bridgehead atoms. The van der Waals surface area contributed by atoms with E-state index < -0.39 is 18.0 Å². The van der Waals surface area contributed by atoms with Crippen LogP contribution in [0.1, 0.15) is 50.4 Å². The summed E-state index contributed by atoms with van der Waals surface area (Å²) < 4.78 is 43.6. The molecule has 0 spiro atoms. The molecule has 1 amide bonds. The first-order valence-electron chi connectivity index (χ1n) is 8.89. The third-order valence-electron chi connectivity index (χ3n) is 4.28. The van der Waals surface area contributed by atoms with Crippen molar-refractivity contribution in [3.8, 4) is 0 Å². The van der Waals surface area contributed by atoms with Crippen molar-refractivity contribution in [3.63, 3.8) is 0 Å². The molecular weight excluding hydrogens is 377 g/mol. The first-order chi connectivity index (χ1) is 13.2. The number of alkyl halides is 3. The molecule has 2 heterocycles. The van der Waals surface area contributed by atoms with Gasteiger partial charge in [-0.15, -0.1) is 0 Å². The van der Waals surface area contributed by atoms with Crippen LogP contribution in [0, 0.1) is 0 Å². The number of carbonyl (C=O) groups excluding carboxylic acids is 1.